The Balaban J connectivity index is 1.66. The predicted molar refractivity (Wildman–Crippen MR) is 79.7 cm³/mol. The molecule has 3 atom stereocenters. The molecule has 0 bridgehead atoms. The second-order valence-electron chi connectivity index (χ2n) is 5.60. The monoisotopic (exact) mass is 338 g/mol. The largest absolute Gasteiger partial charge is 0.458 e. The van der Waals surface area contributed by atoms with Crippen LogP contribution in [0.5, 0.6) is 0 Å². The van der Waals surface area contributed by atoms with Gasteiger partial charge in [-0.05, 0) is 37.1 Å². The highest BCUT2D eigenvalue weighted by Crippen LogP contribution is 2.35. The summed E-state index contributed by atoms with van der Waals surface area (Å²) in [6.07, 6.45) is 5.81. The third-order valence-electron chi connectivity index (χ3n) is 4.30. The zero-order valence-corrected chi connectivity index (χ0v) is 13.0. The molecule has 3 nitrogen and oxygen atoms in total. The normalized spacial score (nSPS) is 29.6. The van der Waals surface area contributed by atoms with Crippen LogP contribution in [0.3, 0.4) is 0 Å². The van der Waals surface area contributed by atoms with Gasteiger partial charge >= 0.3 is 5.97 Å². The van der Waals surface area contributed by atoms with Crippen LogP contribution in [-0.2, 0) is 9.47 Å². The summed E-state index contributed by atoms with van der Waals surface area (Å²) < 4.78 is 12.5. The number of carbonyl (C=O) groups excluding carboxylic acids is 1. The van der Waals surface area contributed by atoms with E-state index in [0.717, 1.165) is 23.7 Å². The Hall–Kier alpha value is -0.870. The van der Waals surface area contributed by atoms with Crippen LogP contribution >= 0.6 is 15.9 Å². The average Bonchev–Trinajstić information content (AvgIpc) is 2.48. The minimum absolute atomic E-state index is 0.0187. The zero-order valence-electron chi connectivity index (χ0n) is 11.4. The van der Waals surface area contributed by atoms with Crippen molar-refractivity contribution in [2.45, 2.75) is 44.3 Å². The van der Waals surface area contributed by atoms with E-state index < -0.39 is 0 Å². The van der Waals surface area contributed by atoms with Crippen molar-refractivity contribution in [2.75, 3.05) is 6.61 Å². The summed E-state index contributed by atoms with van der Waals surface area (Å²) in [7, 11) is 0. The lowest BCUT2D eigenvalue weighted by Gasteiger charge is -2.40. The van der Waals surface area contributed by atoms with E-state index in [0.29, 0.717) is 24.2 Å². The Morgan fingerprint density at radius 3 is 2.70 bits per heavy atom. The number of carbonyl (C=O) groups is 1. The summed E-state index contributed by atoms with van der Waals surface area (Å²) in [4.78, 5) is 12.2. The number of ether oxygens (including phenoxy) is 2. The number of rotatable bonds is 2. The molecule has 20 heavy (non-hydrogen) atoms. The molecule has 1 aliphatic carbocycles. The maximum atomic E-state index is 12.2. The van der Waals surface area contributed by atoms with E-state index in [-0.39, 0.29) is 12.1 Å². The van der Waals surface area contributed by atoms with Crippen LogP contribution in [0.15, 0.2) is 28.7 Å². The first kappa shape index (κ1) is 14.1. The molecule has 0 unspecified atom stereocenters. The second kappa shape index (κ2) is 6.27. The Kier molecular flexibility index (Phi) is 4.41. The summed E-state index contributed by atoms with van der Waals surface area (Å²) in [6, 6.07) is 7.32. The summed E-state index contributed by atoms with van der Waals surface area (Å²) in [5, 5.41) is 0. The smallest absolute Gasteiger partial charge is 0.338 e. The van der Waals surface area contributed by atoms with E-state index in [1.54, 1.807) is 12.1 Å². The van der Waals surface area contributed by atoms with Crippen LogP contribution in [0.2, 0.25) is 0 Å². The molecule has 1 heterocycles. The van der Waals surface area contributed by atoms with Crippen molar-refractivity contribution in [1.82, 2.24) is 0 Å². The third-order valence-corrected chi connectivity index (χ3v) is 4.83. The van der Waals surface area contributed by atoms with E-state index >= 15 is 0 Å². The maximum absolute atomic E-state index is 12.2. The number of esters is 1. The highest BCUT2D eigenvalue weighted by atomic mass is 79.9. The molecule has 0 radical (unpaired) electrons. The topological polar surface area (TPSA) is 35.5 Å². The molecule has 1 aromatic rings. The molecule has 3 rings (SSSR count). The highest BCUT2D eigenvalue weighted by Gasteiger charge is 2.38. The number of hydrogen-bond acceptors (Lipinski definition) is 3. The van der Waals surface area contributed by atoms with Crippen LogP contribution in [0.25, 0.3) is 0 Å². The van der Waals surface area contributed by atoms with Crippen LogP contribution in [0.1, 0.15) is 42.5 Å². The molecule has 108 valence electrons. The fraction of sp³-hybridized carbons (Fsp3) is 0.562. The van der Waals surface area contributed by atoms with Gasteiger partial charge < -0.3 is 9.47 Å². The molecule has 2 aliphatic rings. The van der Waals surface area contributed by atoms with Gasteiger partial charge in [0.2, 0.25) is 0 Å². The van der Waals surface area contributed by atoms with Gasteiger partial charge in [-0.2, -0.15) is 0 Å². The van der Waals surface area contributed by atoms with Crippen molar-refractivity contribution >= 4 is 21.9 Å². The van der Waals surface area contributed by atoms with E-state index in [2.05, 4.69) is 15.9 Å². The Labute approximate surface area is 127 Å². The molecule has 1 aromatic carbocycles. The number of fused-ring (bicyclic) bond motifs is 1. The van der Waals surface area contributed by atoms with Crippen molar-refractivity contribution in [3.05, 3.63) is 34.3 Å². The summed E-state index contributed by atoms with van der Waals surface area (Å²) in [5.41, 5.74) is 0.618. The summed E-state index contributed by atoms with van der Waals surface area (Å²) >= 11 is 3.37. The number of benzene rings is 1. The van der Waals surface area contributed by atoms with Gasteiger partial charge in [-0.1, -0.05) is 28.8 Å². The van der Waals surface area contributed by atoms with Crippen LogP contribution in [0, 0.1) is 5.92 Å². The van der Waals surface area contributed by atoms with Crippen molar-refractivity contribution < 1.29 is 14.3 Å². The van der Waals surface area contributed by atoms with Crippen LogP contribution < -0.4 is 0 Å². The minimum Gasteiger partial charge on any atom is -0.458 e. The molecule has 2 fully saturated rings. The van der Waals surface area contributed by atoms with Gasteiger partial charge in [0.05, 0.1) is 18.3 Å². The molecule has 4 heteroatoms. The molecule has 0 spiro atoms. The van der Waals surface area contributed by atoms with Gasteiger partial charge in [-0.15, -0.1) is 0 Å². The fourth-order valence-electron chi connectivity index (χ4n) is 3.25. The van der Waals surface area contributed by atoms with E-state index in [9.17, 15) is 4.79 Å². The van der Waals surface area contributed by atoms with E-state index in [1.165, 1.54) is 12.8 Å². The fourth-order valence-corrected chi connectivity index (χ4v) is 3.51. The van der Waals surface area contributed by atoms with Crippen LogP contribution in [0.4, 0.5) is 0 Å². The van der Waals surface area contributed by atoms with Crippen molar-refractivity contribution in [1.29, 1.82) is 0 Å². The molecule has 1 aliphatic heterocycles. The first-order valence-electron chi connectivity index (χ1n) is 7.32. The average molecular weight is 339 g/mol. The quantitative estimate of drug-likeness (QED) is 0.766. The standard InChI is InChI=1S/C16H19BrO3/c17-12-7-5-11(6-8-12)16(18)20-15-9-10-19-14-4-2-1-3-13(14)15/h5-8,13-15H,1-4,9-10H2/t13-,14+,15+/m0/s1. The molecule has 1 saturated carbocycles. The summed E-state index contributed by atoms with van der Waals surface area (Å²) in [5.74, 6) is 0.172. The molecular formula is C16H19BrO3. The van der Waals surface area contributed by atoms with Crippen molar-refractivity contribution in [3.8, 4) is 0 Å². The highest BCUT2D eigenvalue weighted by molar-refractivity contribution is 9.10. The first-order valence-corrected chi connectivity index (χ1v) is 8.11. The number of hydrogen-bond donors (Lipinski definition) is 0. The molecule has 1 saturated heterocycles. The van der Waals surface area contributed by atoms with E-state index in [1.807, 2.05) is 12.1 Å². The van der Waals surface area contributed by atoms with Crippen molar-refractivity contribution in [3.63, 3.8) is 0 Å². The lowest BCUT2D eigenvalue weighted by molar-refractivity contribution is -0.113. The predicted octanol–water partition coefficient (Wildman–Crippen LogP) is 3.95. The lowest BCUT2D eigenvalue weighted by Crippen LogP contribution is -2.43. The van der Waals surface area contributed by atoms with Crippen LogP contribution in [-0.4, -0.2) is 24.8 Å². The molecule has 0 N–H and O–H groups in total. The van der Waals surface area contributed by atoms with Gasteiger partial charge in [0, 0.05) is 16.8 Å². The van der Waals surface area contributed by atoms with Crippen molar-refractivity contribution in [2.24, 2.45) is 5.92 Å². The zero-order chi connectivity index (χ0) is 13.9. The van der Waals surface area contributed by atoms with E-state index in [4.69, 9.17) is 9.47 Å². The van der Waals surface area contributed by atoms with Gasteiger partial charge in [-0.25, -0.2) is 4.79 Å². The number of halogens is 1. The maximum Gasteiger partial charge on any atom is 0.338 e. The van der Waals surface area contributed by atoms with Gasteiger partial charge in [0.1, 0.15) is 6.10 Å². The molecular weight excluding hydrogens is 320 g/mol. The van der Waals surface area contributed by atoms with Gasteiger partial charge in [-0.3, -0.25) is 0 Å². The van der Waals surface area contributed by atoms with Gasteiger partial charge in [0.25, 0.3) is 0 Å². The Morgan fingerprint density at radius 1 is 1.15 bits per heavy atom. The molecule has 0 amide bonds. The SMILES string of the molecule is O=C(O[C@@H]1CCO[C@@H]2CCCC[C@@H]21)c1ccc(Br)cc1. The minimum atomic E-state index is -0.214. The molecule has 0 aromatic heterocycles. The van der Waals surface area contributed by atoms with Gasteiger partial charge in [0.15, 0.2) is 0 Å². The second-order valence-corrected chi connectivity index (χ2v) is 6.51. The Bertz CT molecular complexity index is 469. The first-order chi connectivity index (χ1) is 9.74. The summed E-state index contributed by atoms with van der Waals surface area (Å²) in [6.45, 7) is 0.708. The Morgan fingerprint density at radius 2 is 1.90 bits per heavy atom. The lowest BCUT2D eigenvalue weighted by atomic mass is 9.80. The third kappa shape index (κ3) is 3.07.